The van der Waals surface area contributed by atoms with Gasteiger partial charge in [0.25, 0.3) is 0 Å². The van der Waals surface area contributed by atoms with Crippen molar-refractivity contribution in [2.45, 2.75) is 6.92 Å². The third kappa shape index (κ3) is 4.23. The fourth-order valence-corrected chi connectivity index (χ4v) is 7.95. The number of ether oxygens (including phenoxy) is 1. The van der Waals surface area contributed by atoms with E-state index < -0.39 is 6.98 Å². The van der Waals surface area contributed by atoms with E-state index in [2.05, 4.69) is 93.7 Å². The number of hydrogen-bond acceptors (Lipinski definition) is 4. The molecule has 11 rings (SSSR count). The van der Waals surface area contributed by atoms with Gasteiger partial charge in [-0.15, -0.1) is 41.4 Å². The molecule has 0 spiro atoms. The van der Waals surface area contributed by atoms with E-state index in [0.29, 0.717) is 22.9 Å². The van der Waals surface area contributed by atoms with Gasteiger partial charge in [0.05, 0.1) is 22.1 Å². The smallest absolute Gasteiger partial charge is 0.143 e. The molecule has 248 valence electrons. The Morgan fingerprint density at radius 3 is 2.25 bits per heavy atom. The molecule has 5 heterocycles. The summed E-state index contributed by atoms with van der Waals surface area (Å²) < 4.78 is 35.6. The molecule has 4 aromatic heterocycles. The molecule has 10 aromatic rings. The van der Waals surface area contributed by atoms with Crippen LogP contribution < -0.4 is 14.5 Å². The van der Waals surface area contributed by atoms with E-state index in [0.717, 1.165) is 66.0 Å². The zero-order chi connectivity index (χ0) is 35.6. The van der Waals surface area contributed by atoms with Gasteiger partial charge in [0.15, 0.2) is 0 Å². The van der Waals surface area contributed by atoms with Gasteiger partial charge in [-0.2, -0.15) is 18.3 Å². The van der Waals surface area contributed by atoms with Crippen molar-refractivity contribution in [3.63, 3.8) is 0 Å². The van der Waals surface area contributed by atoms with Crippen LogP contribution in [0.25, 0.3) is 65.5 Å². The van der Waals surface area contributed by atoms with Gasteiger partial charge in [-0.3, -0.25) is 0 Å². The first-order chi connectivity index (χ1) is 25.8. The first-order valence-electron chi connectivity index (χ1n) is 18.1. The molecular formula is C44H28N5OPt-3. The third-order valence-corrected chi connectivity index (χ3v) is 9.96. The Labute approximate surface area is 312 Å². The quantitative estimate of drug-likeness (QED) is 0.166. The van der Waals surface area contributed by atoms with Gasteiger partial charge in [0.1, 0.15) is 5.65 Å². The van der Waals surface area contributed by atoms with Crippen molar-refractivity contribution >= 4 is 82.6 Å². The Kier molecular flexibility index (Phi) is 5.86. The maximum Gasteiger partial charge on any atom is 0.143 e. The number of fused-ring (bicyclic) bond motifs is 11. The van der Waals surface area contributed by atoms with Gasteiger partial charge in [-0.05, 0) is 48.8 Å². The average molecular weight is 841 g/mol. The molecule has 1 aliphatic rings. The molecule has 7 heteroatoms. The molecule has 6 aromatic carbocycles. The predicted octanol–water partition coefficient (Wildman–Crippen LogP) is 10.8. The van der Waals surface area contributed by atoms with E-state index in [4.69, 9.17) is 13.8 Å². The van der Waals surface area contributed by atoms with Crippen LogP contribution in [0, 0.1) is 25.7 Å². The van der Waals surface area contributed by atoms with Crippen LogP contribution >= 0.6 is 0 Å². The van der Waals surface area contributed by atoms with Crippen molar-refractivity contribution < 1.29 is 29.9 Å². The van der Waals surface area contributed by atoms with Gasteiger partial charge in [0.2, 0.25) is 0 Å². The van der Waals surface area contributed by atoms with Crippen LogP contribution in [0.2, 0.25) is 0 Å². The Morgan fingerprint density at radius 2 is 1.37 bits per heavy atom. The van der Waals surface area contributed by atoms with Crippen LogP contribution in [0.5, 0.6) is 11.5 Å². The van der Waals surface area contributed by atoms with E-state index >= 15 is 0 Å². The van der Waals surface area contributed by atoms with Crippen LogP contribution in [-0.4, -0.2) is 20.8 Å². The van der Waals surface area contributed by atoms with Crippen LogP contribution in [-0.2, 0) is 21.1 Å². The van der Waals surface area contributed by atoms with E-state index in [-0.39, 0.29) is 21.1 Å². The van der Waals surface area contributed by atoms with Crippen molar-refractivity contribution in [1.82, 2.24) is 13.8 Å². The number of anilines is 3. The summed E-state index contributed by atoms with van der Waals surface area (Å²) in [6, 6.07) is 48.2. The molecule has 0 fully saturated rings. The summed E-state index contributed by atoms with van der Waals surface area (Å²) in [6.07, 6.45) is 1.85. The molecule has 0 atom stereocenters. The van der Waals surface area contributed by atoms with Crippen LogP contribution in [0.15, 0.2) is 128 Å². The number of para-hydroxylation sites is 5. The number of hydrogen-bond donors (Lipinski definition) is 0. The fourth-order valence-electron chi connectivity index (χ4n) is 7.95. The monoisotopic (exact) mass is 840 g/mol. The summed E-state index contributed by atoms with van der Waals surface area (Å²) in [5.74, 6) is 1.02. The number of aromatic nitrogens is 3. The minimum absolute atomic E-state index is 0. The summed E-state index contributed by atoms with van der Waals surface area (Å²) in [6.45, 7) is 1.25. The number of benzene rings is 6. The topological polar surface area (TPSA) is 37.4 Å². The Morgan fingerprint density at radius 1 is 0.647 bits per heavy atom. The summed E-state index contributed by atoms with van der Waals surface area (Å²) in [5.41, 5.74) is 9.05. The van der Waals surface area contributed by atoms with Gasteiger partial charge in [0, 0.05) is 75.8 Å². The van der Waals surface area contributed by atoms with Crippen LogP contribution in [0.1, 0.15) is 9.68 Å². The first-order valence-corrected chi connectivity index (χ1v) is 16.6. The second-order valence-corrected chi connectivity index (χ2v) is 12.9. The fraction of sp³-hybridized carbons (Fsp3) is 0.0455. The van der Waals surface area contributed by atoms with E-state index in [1.165, 1.54) is 15.7 Å². The SMILES string of the molecule is [2H]C([2H])([2H])N1[CH-]N(c2[c-]c(Oc3[c-]c4c(cc3)c3cccc5c3n4c3ncccc3c3cccc4c6ccccc6n5c43)cc(C)c2)c2ccccc21.[Pt]. The number of aryl methyl sites for hydroxylation is 1. The van der Waals surface area contributed by atoms with Gasteiger partial charge >= 0.3 is 0 Å². The maximum absolute atomic E-state index is 8.12. The molecular weight excluding hydrogens is 810 g/mol. The van der Waals surface area contributed by atoms with Gasteiger partial charge in [-0.25, -0.2) is 4.98 Å². The third-order valence-electron chi connectivity index (χ3n) is 9.96. The van der Waals surface area contributed by atoms with Crippen molar-refractivity contribution in [1.29, 1.82) is 0 Å². The van der Waals surface area contributed by atoms with Crippen molar-refractivity contribution in [2.24, 2.45) is 0 Å². The second kappa shape index (κ2) is 11.1. The Hall–Kier alpha value is -5.84. The minimum atomic E-state index is -2.34. The number of nitrogens with zero attached hydrogens (tertiary/aromatic N) is 5. The molecule has 51 heavy (non-hydrogen) atoms. The summed E-state index contributed by atoms with van der Waals surface area (Å²) in [4.78, 5) is 8.19. The van der Waals surface area contributed by atoms with Gasteiger partial charge < -0.3 is 23.3 Å². The molecule has 0 bridgehead atoms. The Bertz CT molecular complexity index is 3170. The van der Waals surface area contributed by atoms with E-state index in [1.54, 1.807) is 6.67 Å². The summed E-state index contributed by atoms with van der Waals surface area (Å²) in [5, 5.41) is 6.67. The van der Waals surface area contributed by atoms with Gasteiger partial charge in [-0.1, -0.05) is 73.1 Å². The first kappa shape index (κ1) is 27.0. The molecule has 0 N–H and O–H groups in total. The van der Waals surface area contributed by atoms with E-state index in [9.17, 15) is 0 Å². The number of pyridine rings is 1. The predicted molar refractivity (Wildman–Crippen MR) is 204 cm³/mol. The molecule has 0 unspecified atom stereocenters. The van der Waals surface area contributed by atoms with Crippen LogP contribution in [0.4, 0.5) is 17.1 Å². The van der Waals surface area contributed by atoms with Crippen molar-refractivity contribution in [2.75, 3.05) is 16.8 Å². The standard InChI is InChI=1S/C44H28N5O.Pt/c1-27-22-28(47-26-46(2)38-16-5-6-17-39(38)47)24-30(23-27)50-29-19-20-32-34-13-8-18-40-43(34)49(41(32)25-29)44-36(14-9-21-45-44)35-12-7-11-33-31-10-3-4-15-37(31)48(40)42(33)35;/h3-23,26H,1-2H3;/q-3;/i2D3;. The largest absolute Gasteiger partial charge is 0.509 e. The normalized spacial score (nSPS) is 14.1. The second-order valence-electron chi connectivity index (χ2n) is 12.9. The zero-order valence-corrected chi connectivity index (χ0v) is 29.4. The summed E-state index contributed by atoms with van der Waals surface area (Å²) >= 11 is 0. The average Bonchev–Trinajstić information content (AvgIpc) is 3.82. The maximum atomic E-state index is 8.12. The van der Waals surface area contributed by atoms with Crippen molar-refractivity contribution in [3.05, 3.63) is 152 Å². The molecule has 6 nitrogen and oxygen atoms in total. The number of rotatable bonds is 3. The minimum Gasteiger partial charge on any atom is -0.509 e. The zero-order valence-electron chi connectivity index (χ0n) is 30.2. The molecule has 1 aliphatic heterocycles. The van der Waals surface area contributed by atoms with Crippen LogP contribution in [0.3, 0.4) is 0 Å². The van der Waals surface area contributed by atoms with Crippen molar-refractivity contribution in [3.8, 4) is 11.5 Å². The molecule has 0 radical (unpaired) electrons. The van der Waals surface area contributed by atoms with E-state index in [1.807, 2.05) is 66.6 Å². The molecule has 0 aliphatic carbocycles. The summed E-state index contributed by atoms with van der Waals surface area (Å²) in [7, 11) is 0. The molecule has 0 saturated heterocycles. The molecule has 0 amide bonds. The molecule has 0 saturated carbocycles. The Balaban J connectivity index is 0.00000361.